The molecular formula is C18H30N2O. The van der Waals surface area contributed by atoms with Gasteiger partial charge in [-0.05, 0) is 24.9 Å². The van der Waals surface area contributed by atoms with Crippen LogP contribution in [-0.2, 0) is 10.2 Å². The standard InChI is InChI=1S/C18H30N2O/c1-4-19-14-18(2,16-8-6-5-7-9-16)15-20-12-10-17(21-3)11-13-20/h5-9,17,19H,4,10-15H2,1-3H3. The molecular weight excluding hydrogens is 260 g/mol. The van der Waals surface area contributed by atoms with Crippen molar-refractivity contribution in [1.29, 1.82) is 0 Å². The number of rotatable bonds is 7. The fourth-order valence-electron chi connectivity index (χ4n) is 3.29. The van der Waals surface area contributed by atoms with E-state index in [9.17, 15) is 0 Å². The Balaban J connectivity index is 2.03. The van der Waals surface area contributed by atoms with Crippen LogP contribution in [0, 0.1) is 0 Å². The number of piperidine rings is 1. The molecule has 1 heterocycles. The number of benzene rings is 1. The maximum absolute atomic E-state index is 5.48. The van der Waals surface area contributed by atoms with Crippen molar-refractivity contribution in [2.45, 2.75) is 38.2 Å². The highest BCUT2D eigenvalue weighted by Gasteiger charge is 2.30. The number of likely N-dealkylation sites (tertiary alicyclic amines) is 1. The second kappa shape index (κ2) is 7.92. The van der Waals surface area contributed by atoms with E-state index < -0.39 is 0 Å². The highest BCUT2D eigenvalue weighted by atomic mass is 16.5. The summed E-state index contributed by atoms with van der Waals surface area (Å²) in [5.41, 5.74) is 1.59. The van der Waals surface area contributed by atoms with E-state index >= 15 is 0 Å². The lowest BCUT2D eigenvalue weighted by molar-refractivity contribution is 0.0348. The summed E-state index contributed by atoms with van der Waals surface area (Å²) >= 11 is 0. The number of likely N-dealkylation sites (N-methyl/N-ethyl adjacent to an activating group) is 1. The molecule has 118 valence electrons. The van der Waals surface area contributed by atoms with E-state index in [4.69, 9.17) is 4.74 Å². The average molecular weight is 290 g/mol. The number of hydrogen-bond donors (Lipinski definition) is 1. The Morgan fingerprint density at radius 3 is 2.48 bits per heavy atom. The molecule has 1 aliphatic rings. The van der Waals surface area contributed by atoms with Gasteiger partial charge in [-0.25, -0.2) is 0 Å². The first kappa shape index (κ1) is 16.5. The molecule has 3 nitrogen and oxygen atoms in total. The Labute approximate surface area is 129 Å². The van der Waals surface area contributed by atoms with Gasteiger partial charge >= 0.3 is 0 Å². The van der Waals surface area contributed by atoms with Gasteiger partial charge in [-0.15, -0.1) is 0 Å². The molecule has 0 aliphatic carbocycles. The first-order valence-electron chi connectivity index (χ1n) is 8.19. The number of nitrogens with zero attached hydrogens (tertiary/aromatic N) is 1. The summed E-state index contributed by atoms with van der Waals surface area (Å²) in [6.45, 7) is 10.0. The van der Waals surface area contributed by atoms with Crippen molar-refractivity contribution >= 4 is 0 Å². The van der Waals surface area contributed by atoms with Crippen LogP contribution in [0.2, 0.25) is 0 Å². The Morgan fingerprint density at radius 1 is 1.24 bits per heavy atom. The smallest absolute Gasteiger partial charge is 0.0595 e. The molecule has 1 unspecified atom stereocenters. The fraction of sp³-hybridized carbons (Fsp3) is 0.667. The minimum absolute atomic E-state index is 0.164. The zero-order valence-electron chi connectivity index (χ0n) is 13.8. The van der Waals surface area contributed by atoms with Crippen LogP contribution in [0.15, 0.2) is 30.3 Å². The Morgan fingerprint density at radius 2 is 1.90 bits per heavy atom. The molecule has 0 aromatic heterocycles. The lowest BCUT2D eigenvalue weighted by Gasteiger charge is -2.39. The van der Waals surface area contributed by atoms with Gasteiger partial charge in [-0.2, -0.15) is 0 Å². The van der Waals surface area contributed by atoms with Crippen LogP contribution in [0.3, 0.4) is 0 Å². The predicted octanol–water partition coefficient (Wildman–Crippen LogP) is 2.66. The number of ether oxygens (including phenoxy) is 1. The predicted molar refractivity (Wildman–Crippen MR) is 88.8 cm³/mol. The molecule has 1 aromatic carbocycles. The van der Waals surface area contributed by atoms with E-state index in [0.29, 0.717) is 6.10 Å². The van der Waals surface area contributed by atoms with Crippen molar-refractivity contribution in [2.75, 3.05) is 39.8 Å². The molecule has 0 spiro atoms. The third-order valence-corrected chi connectivity index (χ3v) is 4.68. The molecule has 0 amide bonds. The molecule has 1 aliphatic heterocycles. The molecule has 1 saturated heterocycles. The van der Waals surface area contributed by atoms with Crippen LogP contribution in [-0.4, -0.2) is 50.8 Å². The van der Waals surface area contributed by atoms with Gasteiger partial charge in [-0.1, -0.05) is 44.2 Å². The molecule has 21 heavy (non-hydrogen) atoms. The summed E-state index contributed by atoms with van der Waals surface area (Å²) in [5.74, 6) is 0. The third-order valence-electron chi connectivity index (χ3n) is 4.68. The van der Waals surface area contributed by atoms with Crippen molar-refractivity contribution in [3.63, 3.8) is 0 Å². The second-order valence-corrected chi connectivity index (χ2v) is 6.42. The summed E-state index contributed by atoms with van der Waals surface area (Å²) in [6.07, 6.45) is 2.77. The van der Waals surface area contributed by atoms with Gasteiger partial charge in [0.25, 0.3) is 0 Å². The SMILES string of the molecule is CCNCC(C)(CN1CCC(OC)CC1)c1ccccc1. The van der Waals surface area contributed by atoms with Crippen molar-refractivity contribution in [3.05, 3.63) is 35.9 Å². The average Bonchev–Trinajstić information content (AvgIpc) is 2.54. The van der Waals surface area contributed by atoms with Gasteiger partial charge in [-0.3, -0.25) is 0 Å². The number of methoxy groups -OCH3 is 1. The fourth-order valence-corrected chi connectivity index (χ4v) is 3.29. The molecule has 0 saturated carbocycles. The quantitative estimate of drug-likeness (QED) is 0.835. The zero-order valence-corrected chi connectivity index (χ0v) is 13.8. The topological polar surface area (TPSA) is 24.5 Å². The van der Waals surface area contributed by atoms with Crippen LogP contribution in [0.1, 0.15) is 32.3 Å². The van der Waals surface area contributed by atoms with Crippen LogP contribution >= 0.6 is 0 Å². The third kappa shape index (κ3) is 4.53. The van der Waals surface area contributed by atoms with Gasteiger partial charge < -0.3 is 15.0 Å². The molecule has 1 aromatic rings. The highest BCUT2D eigenvalue weighted by Crippen LogP contribution is 2.26. The molecule has 1 N–H and O–H groups in total. The van der Waals surface area contributed by atoms with E-state index in [1.165, 1.54) is 5.56 Å². The number of nitrogens with one attached hydrogen (secondary N) is 1. The van der Waals surface area contributed by atoms with E-state index in [1.54, 1.807) is 0 Å². The van der Waals surface area contributed by atoms with Gasteiger partial charge in [0.05, 0.1) is 6.10 Å². The second-order valence-electron chi connectivity index (χ2n) is 6.42. The van der Waals surface area contributed by atoms with Crippen molar-refractivity contribution in [3.8, 4) is 0 Å². The summed E-state index contributed by atoms with van der Waals surface area (Å²) < 4.78 is 5.48. The molecule has 2 rings (SSSR count). The zero-order chi connectivity index (χ0) is 15.1. The van der Waals surface area contributed by atoms with Gasteiger partial charge in [0, 0.05) is 38.7 Å². The van der Waals surface area contributed by atoms with Crippen molar-refractivity contribution < 1.29 is 4.74 Å². The number of hydrogen-bond acceptors (Lipinski definition) is 3. The summed E-state index contributed by atoms with van der Waals surface area (Å²) in [4.78, 5) is 2.60. The van der Waals surface area contributed by atoms with E-state index in [0.717, 1.165) is 45.6 Å². The van der Waals surface area contributed by atoms with E-state index in [2.05, 4.69) is 54.4 Å². The van der Waals surface area contributed by atoms with E-state index in [1.807, 2.05) is 7.11 Å². The van der Waals surface area contributed by atoms with Crippen LogP contribution in [0.5, 0.6) is 0 Å². The first-order valence-corrected chi connectivity index (χ1v) is 8.19. The first-order chi connectivity index (χ1) is 10.2. The summed E-state index contributed by atoms with van der Waals surface area (Å²) in [5, 5.41) is 3.55. The highest BCUT2D eigenvalue weighted by molar-refractivity contribution is 5.25. The molecule has 1 atom stereocenters. The molecule has 0 radical (unpaired) electrons. The van der Waals surface area contributed by atoms with Gasteiger partial charge in [0.15, 0.2) is 0 Å². The van der Waals surface area contributed by atoms with Crippen molar-refractivity contribution in [2.24, 2.45) is 0 Å². The van der Waals surface area contributed by atoms with Crippen molar-refractivity contribution in [1.82, 2.24) is 10.2 Å². The Bertz CT molecular complexity index is 401. The van der Waals surface area contributed by atoms with Gasteiger partial charge in [0.1, 0.15) is 0 Å². The Kier molecular flexibility index (Phi) is 6.22. The normalized spacial score (nSPS) is 20.3. The minimum Gasteiger partial charge on any atom is -0.381 e. The lowest BCUT2D eigenvalue weighted by Crippen LogP contribution is -2.48. The monoisotopic (exact) mass is 290 g/mol. The van der Waals surface area contributed by atoms with E-state index in [-0.39, 0.29) is 5.41 Å². The molecule has 1 fully saturated rings. The van der Waals surface area contributed by atoms with Gasteiger partial charge in [0.2, 0.25) is 0 Å². The lowest BCUT2D eigenvalue weighted by atomic mass is 9.81. The van der Waals surface area contributed by atoms with Crippen LogP contribution in [0.4, 0.5) is 0 Å². The van der Waals surface area contributed by atoms with Crippen LogP contribution in [0.25, 0.3) is 0 Å². The maximum Gasteiger partial charge on any atom is 0.0595 e. The minimum atomic E-state index is 0.164. The summed E-state index contributed by atoms with van der Waals surface area (Å²) in [6, 6.07) is 10.9. The van der Waals surface area contributed by atoms with Crippen LogP contribution < -0.4 is 5.32 Å². The largest absolute Gasteiger partial charge is 0.381 e. The summed E-state index contributed by atoms with van der Waals surface area (Å²) in [7, 11) is 1.83. The maximum atomic E-state index is 5.48. The molecule has 0 bridgehead atoms. The Hall–Kier alpha value is -0.900. The molecule has 3 heteroatoms.